The number of nitrogens with zero attached hydrogens (tertiary/aromatic N) is 2. The maximum atomic E-state index is 9.33. The van der Waals surface area contributed by atoms with Gasteiger partial charge in [0.2, 0.25) is 0 Å². The summed E-state index contributed by atoms with van der Waals surface area (Å²) in [6.07, 6.45) is -0.747. The number of aryl methyl sites for hydroxylation is 2. The SMILES string of the molecule is Cc1cc(C)nc(C(O)CN)n1. The summed E-state index contributed by atoms with van der Waals surface area (Å²) in [5.74, 6) is 0.412. The van der Waals surface area contributed by atoms with Crippen LogP contribution in [0.2, 0.25) is 0 Å². The van der Waals surface area contributed by atoms with Crippen LogP contribution in [0.25, 0.3) is 0 Å². The largest absolute Gasteiger partial charge is 0.384 e. The predicted octanol–water partition coefficient (Wildman–Crippen LogP) is 0.0855. The Labute approximate surface area is 71.5 Å². The number of nitrogens with two attached hydrogens (primary N) is 1. The molecule has 0 saturated heterocycles. The second-order valence-corrected chi connectivity index (χ2v) is 2.76. The van der Waals surface area contributed by atoms with Crippen LogP contribution >= 0.6 is 0 Å². The summed E-state index contributed by atoms with van der Waals surface area (Å²) in [6.45, 7) is 3.88. The summed E-state index contributed by atoms with van der Waals surface area (Å²) in [4.78, 5) is 8.13. The van der Waals surface area contributed by atoms with Gasteiger partial charge in [0.1, 0.15) is 6.10 Å². The van der Waals surface area contributed by atoms with Crippen LogP contribution in [0.5, 0.6) is 0 Å². The third-order valence-electron chi connectivity index (χ3n) is 1.52. The molecular weight excluding hydrogens is 154 g/mol. The van der Waals surface area contributed by atoms with E-state index in [0.717, 1.165) is 11.4 Å². The third-order valence-corrected chi connectivity index (χ3v) is 1.52. The maximum Gasteiger partial charge on any atom is 0.158 e. The van der Waals surface area contributed by atoms with Crippen molar-refractivity contribution in [3.8, 4) is 0 Å². The molecule has 0 spiro atoms. The van der Waals surface area contributed by atoms with Crippen LogP contribution in [0, 0.1) is 13.8 Å². The maximum absolute atomic E-state index is 9.33. The lowest BCUT2D eigenvalue weighted by atomic mass is 10.3. The van der Waals surface area contributed by atoms with Crippen molar-refractivity contribution in [3.05, 3.63) is 23.3 Å². The molecule has 0 fully saturated rings. The molecule has 4 nitrogen and oxygen atoms in total. The van der Waals surface area contributed by atoms with Crippen molar-refractivity contribution in [2.45, 2.75) is 20.0 Å². The third kappa shape index (κ3) is 1.99. The van der Waals surface area contributed by atoms with Gasteiger partial charge in [-0.3, -0.25) is 0 Å². The second kappa shape index (κ2) is 3.60. The molecule has 0 aliphatic rings. The Morgan fingerprint density at radius 3 is 2.33 bits per heavy atom. The molecule has 66 valence electrons. The highest BCUT2D eigenvalue weighted by molar-refractivity contribution is 5.09. The molecule has 1 atom stereocenters. The number of hydrogen-bond acceptors (Lipinski definition) is 4. The van der Waals surface area contributed by atoms with Crippen molar-refractivity contribution in [2.75, 3.05) is 6.54 Å². The van der Waals surface area contributed by atoms with E-state index in [4.69, 9.17) is 5.73 Å². The highest BCUT2D eigenvalue weighted by atomic mass is 16.3. The van der Waals surface area contributed by atoms with Crippen LogP contribution in [0.3, 0.4) is 0 Å². The Balaban J connectivity index is 3.00. The van der Waals surface area contributed by atoms with Crippen molar-refractivity contribution in [2.24, 2.45) is 5.73 Å². The summed E-state index contributed by atoms with van der Waals surface area (Å²) in [5, 5.41) is 9.33. The molecule has 0 aliphatic carbocycles. The molecule has 0 bridgehead atoms. The lowest BCUT2D eigenvalue weighted by molar-refractivity contribution is 0.176. The first kappa shape index (κ1) is 9.09. The smallest absolute Gasteiger partial charge is 0.158 e. The van der Waals surface area contributed by atoms with Crippen LogP contribution in [0.1, 0.15) is 23.3 Å². The van der Waals surface area contributed by atoms with Gasteiger partial charge < -0.3 is 10.8 Å². The van der Waals surface area contributed by atoms with Crippen LogP contribution in [-0.4, -0.2) is 21.6 Å². The average molecular weight is 167 g/mol. The zero-order valence-electron chi connectivity index (χ0n) is 7.28. The topological polar surface area (TPSA) is 72.0 Å². The molecule has 1 heterocycles. The Bertz CT molecular complexity index is 255. The van der Waals surface area contributed by atoms with E-state index in [1.54, 1.807) is 0 Å². The zero-order valence-corrected chi connectivity index (χ0v) is 7.28. The predicted molar refractivity (Wildman–Crippen MR) is 45.5 cm³/mol. The zero-order chi connectivity index (χ0) is 9.14. The van der Waals surface area contributed by atoms with Crippen molar-refractivity contribution >= 4 is 0 Å². The van der Waals surface area contributed by atoms with Crippen LogP contribution < -0.4 is 5.73 Å². The minimum absolute atomic E-state index is 0.156. The van der Waals surface area contributed by atoms with E-state index in [9.17, 15) is 5.11 Å². The highest BCUT2D eigenvalue weighted by Crippen LogP contribution is 2.07. The van der Waals surface area contributed by atoms with Crippen molar-refractivity contribution in [1.82, 2.24) is 9.97 Å². The van der Waals surface area contributed by atoms with Gasteiger partial charge in [-0.05, 0) is 19.9 Å². The molecule has 0 aliphatic heterocycles. The molecule has 12 heavy (non-hydrogen) atoms. The summed E-state index contributed by atoms with van der Waals surface area (Å²) in [5.41, 5.74) is 6.98. The van der Waals surface area contributed by atoms with Crippen molar-refractivity contribution in [3.63, 3.8) is 0 Å². The van der Waals surface area contributed by atoms with Gasteiger partial charge in [-0.15, -0.1) is 0 Å². The second-order valence-electron chi connectivity index (χ2n) is 2.76. The summed E-state index contributed by atoms with van der Waals surface area (Å²) in [7, 11) is 0. The Morgan fingerprint density at radius 2 is 1.92 bits per heavy atom. The van der Waals surface area contributed by atoms with Crippen molar-refractivity contribution < 1.29 is 5.11 Å². The normalized spacial score (nSPS) is 13.0. The number of aliphatic hydroxyl groups excluding tert-OH is 1. The molecule has 1 rings (SSSR count). The van der Waals surface area contributed by atoms with Gasteiger partial charge in [-0.25, -0.2) is 9.97 Å². The summed E-state index contributed by atoms with van der Waals surface area (Å²) < 4.78 is 0. The van der Waals surface area contributed by atoms with Crippen LogP contribution in [0.15, 0.2) is 6.07 Å². The van der Waals surface area contributed by atoms with Gasteiger partial charge >= 0.3 is 0 Å². The van der Waals surface area contributed by atoms with Gasteiger partial charge in [0.05, 0.1) is 0 Å². The Morgan fingerprint density at radius 1 is 1.42 bits per heavy atom. The van der Waals surface area contributed by atoms with Gasteiger partial charge in [-0.1, -0.05) is 0 Å². The molecule has 0 radical (unpaired) electrons. The molecule has 1 aromatic rings. The van der Waals surface area contributed by atoms with Gasteiger partial charge in [-0.2, -0.15) is 0 Å². The van der Waals surface area contributed by atoms with Gasteiger partial charge in [0.15, 0.2) is 5.82 Å². The summed E-state index contributed by atoms with van der Waals surface area (Å²) in [6, 6.07) is 1.85. The average Bonchev–Trinajstić information content (AvgIpc) is 2.01. The molecule has 0 aromatic carbocycles. The molecule has 0 amide bonds. The first-order chi connectivity index (χ1) is 5.63. The molecule has 1 unspecified atom stereocenters. The molecule has 1 aromatic heterocycles. The fraction of sp³-hybridized carbons (Fsp3) is 0.500. The lowest BCUT2D eigenvalue weighted by Crippen LogP contribution is -2.15. The van der Waals surface area contributed by atoms with Gasteiger partial charge in [0.25, 0.3) is 0 Å². The van der Waals surface area contributed by atoms with Crippen LogP contribution in [0.4, 0.5) is 0 Å². The minimum Gasteiger partial charge on any atom is -0.384 e. The minimum atomic E-state index is -0.747. The van der Waals surface area contributed by atoms with Gasteiger partial charge in [0, 0.05) is 17.9 Å². The monoisotopic (exact) mass is 167 g/mol. The number of rotatable bonds is 2. The fourth-order valence-corrected chi connectivity index (χ4v) is 1.01. The highest BCUT2D eigenvalue weighted by Gasteiger charge is 2.08. The van der Waals surface area contributed by atoms with Crippen molar-refractivity contribution in [1.29, 1.82) is 0 Å². The van der Waals surface area contributed by atoms with Crippen LogP contribution in [-0.2, 0) is 0 Å². The quantitative estimate of drug-likeness (QED) is 0.654. The molecule has 4 heteroatoms. The number of hydrogen-bond donors (Lipinski definition) is 2. The number of aromatic nitrogens is 2. The van der Waals surface area contributed by atoms with E-state index in [0.29, 0.717) is 5.82 Å². The van der Waals surface area contributed by atoms with E-state index in [1.165, 1.54) is 0 Å². The first-order valence-corrected chi connectivity index (χ1v) is 3.84. The van der Waals surface area contributed by atoms with E-state index in [-0.39, 0.29) is 6.54 Å². The fourth-order valence-electron chi connectivity index (χ4n) is 1.01. The molecule has 3 N–H and O–H groups in total. The standard InChI is InChI=1S/C8H13N3O/c1-5-3-6(2)11-8(10-5)7(12)4-9/h3,7,12H,4,9H2,1-2H3. The lowest BCUT2D eigenvalue weighted by Gasteiger charge is -2.07. The Hall–Kier alpha value is -1.00. The summed E-state index contributed by atoms with van der Waals surface area (Å²) >= 11 is 0. The van der Waals surface area contributed by atoms with E-state index < -0.39 is 6.10 Å². The van der Waals surface area contributed by atoms with E-state index >= 15 is 0 Å². The van der Waals surface area contributed by atoms with E-state index in [1.807, 2.05) is 19.9 Å². The molecular formula is C8H13N3O. The number of aliphatic hydroxyl groups is 1. The molecule has 0 saturated carbocycles. The van der Waals surface area contributed by atoms with E-state index in [2.05, 4.69) is 9.97 Å². The first-order valence-electron chi connectivity index (χ1n) is 3.84. The Kier molecular flexibility index (Phi) is 2.73.